The molecule has 0 saturated heterocycles. The van der Waals surface area contributed by atoms with Gasteiger partial charge < -0.3 is 20.6 Å². The van der Waals surface area contributed by atoms with Crippen molar-refractivity contribution in [1.82, 2.24) is 4.90 Å². The zero-order valence-electron chi connectivity index (χ0n) is 18.6. The number of nitrogens with one attached hydrogen (secondary N) is 1. The molecular weight excluding hydrogens is 430 g/mol. The number of carbonyl (C=O) groups excluding carboxylic acids is 4. The summed E-state index contributed by atoms with van der Waals surface area (Å²) >= 11 is 1.35. The quantitative estimate of drug-likeness (QED) is 0.485. The highest BCUT2D eigenvalue weighted by molar-refractivity contribution is 7.17. The van der Waals surface area contributed by atoms with E-state index in [1.54, 1.807) is 6.92 Å². The van der Waals surface area contributed by atoms with Crippen LogP contribution in [0.4, 0.5) is 5.00 Å². The molecule has 172 valence electrons. The topological polar surface area (TPSA) is 119 Å². The first-order chi connectivity index (χ1) is 15.2. The molecule has 32 heavy (non-hydrogen) atoms. The zero-order chi connectivity index (χ0) is 23.7. The third kappa shape index (κ3) is 7.58. The Bertz CT molecular complexity index is 968. The van der Waals surface area contributed by atoms with Crippen molar-refractivity contribution in [3.63, 3.8) is 0 Å². The minimum atomic E-state index is -0.601. The van der Waals surface area contributed by atoms with Crippen LogP contribution in [-0.2, 0) is 38.6 Å². The third-order valence-electron chi connectivity index (χ3n) is 4.49. The van der Waals surface area contributed by atoms with E-state index in [-0.39, 0.29) is 12.4 Å². The molecule has 0 radical (unpaired) electrons. The summed E-state index contributed by atoms with van der Waals surface area (Å²) in [5.41, 5.74) is 8.05. The van der Waals surface area contributed by atoms with Crippen molar-refractivity contribution in [1.29, 1.82) is 0 Å². The molecule has 0 unspecified atom stereocenters. The van der Waals surface area contributed by atoms with E-state index in [1.807, 2.05) is 18.2 Å². The molecule has 0 spiro atoms. The molecule has 9 heteroatoms. The summed E-state index contributed by atoms with van der Waals surface area (Å²) in [5, 5.41) is 3.07. The van der Waals surface area contributed by atoms with Gasteiger partial charge in [-0.05, 0) is 38.3 Å². The van der Waals surface area contributed by atoms with Gasteiger partial charge in [0.05, 0.1) is 12.2 Å². The molecule has 1 aliphatic rings. The summed E-state index contributed by atoms with van der Waals surface area (Å²) in [4.78, 5) is 48.4. The Balaban J connectivity index is 0.000000837. The summed E-state index contributed by atoms with van der Waals surface area (Å²) < 4.78 is 4.79. The lowest BCUT2D eigenvalue weighted by Crippen LogP contribution is -2.30. The summed E-state index contributed by atoms with van der Waals surface area (Å²) in [6.07, 6.45) is 0.291. The van der Waals surface area contributed by atoms with Crippen LogP contribution in [0.2, 0.25) is 0 Å². The lowest BCUT2D eigenvalue weighted by atomic mass is 10.0. The standard InChI is InChI=1S/C20H23N3O4S.C3H6O/c1-2-27-17(25)10-16(24)22-20-18(19(21)26)14-8-9-23(12-15(14)28-20)11-13-6-4-3-5-7-13;1-3(2)4/h3-7H,2,8-12H2,1H3,(H2,21,26)(H,22,24);1-2H3. The number of ether oxygens (including phenoxy) is 1. The van der Waals surface area contributed by atoms with Crippen molar-refractivity contribution in [3.05, 3.63) is 51.9 Å². The number of anilines is 1. The molecular formula is C23H29N3O5S. The van der Waals surface area contributed by atoms with Gasteiger partial charge in [-0.15, -0.1) is 11.3 Å². The number of hydrogen-bond acceptors (Lipinski definition) is 7. The van der Waals surface area contributed by atoms with E-state index in [9.17, 15) is 19.2 Å². The molecule has 1 aliphatic heterocycles. The van der Waals surface area contributed by atoms with Crippen LogP contribution in [0.5, 0.6) is 0 Å². The summed E-state index contributed by atoms with van der Waals surface area (Å²) in [7, 11) is 0. The number of rotatable bonds is 7. The molecule has 8 nitrogen and oxygen atoms in total. The number of hydrogen-bond donors (Lipinski definition) is 2. The van der Waals surface area contributed by atoms with Crippen LogP contribution in [0.3, 0.4) is 0 Å². The number of amides is 2. The lowest BCUT2D eigenvalue weighted by molar-refractivity contribution is -0.145. The smallest absolute Gasteiger partial charge is 0.315 e. The number of esters is 1. The van der Waals surface area contributed by atoms with Crippen LogP contribution < -0.4 is 11.1 Å². The molecule has 1 aromatic carbocycles. The van der Waals surface area contributed by atoms with Crippen LogP contribution in [0.15, 0.2) is 30.3 Å². The number of Topliss-reactive ketones (excluding diaryl/α,β-unsaturated/α-hetero) is 1. The minimum Gasteiger partial charge on any atom is -0.466 e. The second-order valence-electron chi connectivity index (χ2n) is 7.46. The number of fused-ring (bicyclic) bond motifs is 1. The molecule has 2 aromatic rings. The highest BCUT2D eigenvalue weighted by atomic mass is 32.1. The molecule has 1 aromatic heterocycles. The highest BCUT2D eigenvalue weighted by Gasteiger charge is 2.28. The van der Waals surface area contributed by atoms with E-state index in [4.69, 9.17) is 10.5 Å². The van der Waals surface area contributed by atoms with E-state index < -0.39 is 24.2 Å². The number of thiophene rings is 1. The molecule has 0 saturated carbocycles. The molecule has 3 N–H and O–H groups in total. The summed E-state index contributed by atoms with van der Waals surface area (Å²) in [5.74, 6) is -1.52. The van der Waals surface area contributed by atoms with E-state index >= 15 is 0 Å². The molecule has 3 rings (SSSR count). The Morgan fingerprint density at radius 2 is 1.81 bits per heavy atom. The molecule has 0 bridgehead atoms. The first kappa shape index (κ1) is 25.2. The van der Waals surface area contributed by atoms with Crippen molar-refractivity contribution < 1.29 is 23.9 Å². The first-order valence-electron chi connectivity index (χ1n) is 10.3. The van der Waals surface area contributed by atoms with E-state index in [0.717, 1.165) is 23.5 Å². The number of nitrogens with two attached hydrogens (primary N) is 1. The van der Waals surface area contributed by atoms with Crippen LogP contribution in [0.25, 0.3) is 0 Å². The fourth-order valence-electron chi connectivity index (χ4n) is 3.30. The zero-order valence-corrected chi connectivity index (χ0v) is 19.4. The Morgan fingerprint density at radius 1 is 1.16 bits per heavy atom. The van der Waals surface area contributed by atoms with Gasteiger partial charge in [0.15, 0.2) is 0 Å². The number of benzene rings is 1. The SMILES string of the molecule is CC(C)=O.CCOC(=O)CC(=O)Nc1sc2c(c1C(N)=O)CCN(Cc1ccccc1)C2. The van der Waals surface area contributed by atoms with Gasteiger partial charge in [0.25, 0.3) is 5.91 Å². The monoisotopic (exact) mass is 459 g/mol. The molecule has 2 amide bonds. The van der Waals surface area contributed by atoms with E-state index in [0.29, 0.717) is 23.5 Å². The maximum Gasteiger partial charge on any atom is 0.315 e. The van der Waals surface area contributed by atoms with E-state index in [1.165, 1.54) is 30.7 Å². The van der Waals surface area contributed by atoms with Crippen LogP contribution in [0.1, 0.15) is 53.6 Å². The second-order valence-corrected chi connectivity index (χ2v) is 8.56. The van der Waals surface area contributed by atoms with Crippen LogP contribution >= 0.6 is 11.3 Å². The van der Waals surface area contributed by atoms with Crippen molar-refractivity contribution in [2.45, 2.75) is 46.7 Å². The molecule has 0 aliphatic carbocycles. The van der Waals surface area contributed by atoms with Gasteiger partial charge in [-0.2, -0.15) is 0 Å². The van der Waals surface area contributed by atoms with Crippen LogP contribution in [0, 0.1) is 0 Å². The van der Waals surface area contributed by atoms with Crippen molar-refractivity contribution >= 4 is 39.9 Å². The first-order valence-corrected chi connectivity index (χ1v) is 11.2. The predicted octanol–water partition coefficient (Wildman–Crippen LogP) is 2.89. The molecule has 2 heterocycles. The van der Waals surface area contributed by atoms with Gasteiger partial charge >= 0.3 is 5.97 Å². The fraction of sp³-hybridized carbons (Fsp3) is 0.391. The molecule has 0 atom stereocenters. The van der Waals surface area contributed by atoms with Gasteiger partial charge in [-0.25, -0.2) is 0 Å². The van der Waals surface area contributed by atoms with Crippen molar-refractivity contribution in [2.24, 2.45) is 5.73 Å². The largest absolute Gasteiger partial charge is 0.466 e. The van der Waals surface area contributed by atoms with E-state index in [2.05, 4.69) is 22.3 Å². The minimum absolute atomic E-state index is 0.167. The van der Waals surface area contributed by atoms with Gasteiger partial charge in [0, 0.05) is 24.5 Å². The Morgan fingerprint density at radius 3 is 2.41 bits per heavy atom. The number of carbonyl (C=O) groups is 4. The number of nitrogens with zero attached hydrogens (tertiary/aromatic N) is 1. The Kier molecular flexibility index (Phi) is 9.55. The second kappa shape index (κ2) is 12.1. The van der Waals surface area contributed by atoms with Gasteiger partial charge in [-0.3, -0.25) is 19.3 Å². The maximum atomic E-state index is 12.1. The van der Waals surface area contributed by atoms with Crippen molar-refractivity contribution in [2.75, 3.05) is 18.5 Å². The number of ketones is 1. The molecule has 0 fully saturated rings. The summed E-state index contributed by atoms with van der Waals surface area (Å²) in [6.45, 7) is 7.24. The highest BCUT2D eigenvalue weighted by Crippen LogP contribution is 2.37. The van der Waals surface area contributed by atoms with Crippen molar-refractivity contribution in [3.8, 4) is 0 Å². The Hall–Kier alpha value is -3.04. The maximum absolute atomic E-state index is 12.1. The van der Waals surface area contributed by atoms with Crippen LogP contribution in [-0.4, -0.2) is 41.6 Å². The lowest BCUT2D eigenvalue weighted by Gasteiger charge is -2.27. The average Bonchev–Trinajstić information content (AvgIpc) is 3.05. The Labute approximate surface area is 191 Å². The fourth-order valence-corrected chi connectivity index (χ4v) is 4.61. The normalized spacial score (nSPS) is 12.7. The summed E-state index contributed by atoms with van der Waals surface area (Å²) in [6, 6.07) is 10.2. The van der Waals surface area contributed by atoms with Gasteiger partial charge in [0.2, 0.25) is 5.91 Å². The number of primary amides is 1. The van der Waals surface area contributed by atoms with Gasteiger partial charge in [0.1, 0.15) is 17.2 Å². The third-order valence-corrected chi connectivity index (χ3v) is 5.63. The van der Waals surface area contributed by atoms with Gasteiger partial charge in [-0.1, -0.05) is 30.3 Å². The average molecular weight is 460 g/mol. The predicted molar refractivity (Wildman–Crippen MR) is 123 cm³/mol.